The zero-order chi connectivity index (χ0) is 11.9. The molecule has 1 N–H and O–H groups in total. The summed E-state index contributed by atoms with van der Waals surface area (Å²) in [7, 11) is 1.62. The van der Waals surface area contributed by atoms with Crippen LogP contribution in [0.2, 0.25) is 0 Å². The van der Waals surface area contributed by atoms with E-state index in [1.54, 1.807) is 7.11 Å². The van der Waals surface area contributed by atoms with Crippen LogP contribution in [0.1, 0.15) is 47.1 Å². The van der Waals surface area contributed by atoms with Gasteiger partial charge in [0.15, 0.2) is 0 Å². The van der Waals surface area contributed by atoms with Crippen molar-refractivity contribution in [2.24, 2.45) is 0 Å². The molecule has 0 unspecified atom stereocenters. The van der Waals surface area contributed by atoms with Crippen LogP contribution < -0.4 is 4.74 Å². The standard InChI is InChI=1S/C11H16O2.C2H6.CH4/c1-4-11(2,12)9-6-5-7-10(8-9)13-3;1-2;/h5-8,12H,4H2,1-3H3;1-2H3;1H4/t11-;;/m0../s1. The molecule has 16 heavy (non-hydrogen) atoms. The lowest BCUT2D eigenvalue weighted by atomic mass is 9.93. The highest BCUT2D eigenvalue weighted by molar-refractivity contribution is 5.31. The van der Waals surface area contributed by atoms with Crippen molar-refractivity contribution in [1.82, 2.24) is 0 Å². The highest BCUT2D eigenvalue weighted by Crippen LogP contribution is 2.26. The number of methoxy groups -OCH3 is 1. The van der Waals surface area contributed by atoms with Gasteiger partial charge < -0.3 is 9.84 Å². The van der Waals surface area contributed by atoms with E-state index in [2.05, 4.69) is 0 Å². The lowest BCUT2D eigenvalue weighted by Gasteiger charge is -2.22. The number of rotatable bonds is 3. The second-order valence-corrected chi connectivity index (χ2v) is 3.36. The average Bonchev–Trinajstić information content (AvgIpc) is 2.32. The van der Waals surface area contributed by atoms with Gasteiger partial charge in [-0.05, 0) is 31.0 Å². The van der Waals surface area contributed by atoms with Gasteiger partial charge in [-0.1, -0.05) is 40.3 Å². The Morgan fingerprint density at radius 2 is 1.88 bits per heavy atom. The highest BCUT2D eigenvalue weighted by Gasteiger charge is 2.20. The highest BCUT2D eigenvalue weighted by atomic mass is 16.5. The van der Waals surface area contributed by atoms with Gasteiger partial charge in [0.25, 0.3) is 0 Å². The van der Waals surface area contributed by atoms with Crippen molar-refractivity contribution in [3.8, 4) is 5.75 Å². The number of ether oxygens (including phenoxy) is 1. The maximum Gasteiger partial charge on any atom is 0.119 e. The van der Waals surface area contributed by atoms with Gasteiger partial charge in [0, 0.05) is 0 Å². The Morgan fingerprint density at radius 3 is 2.31 bits per heavy atom. The molecule has 0 aliphatic heterocycles. The monoisotopic (exact) mass is 226 g/mol. The summed E-state index contributed by atoms with van der Waals surface area (Å²) in [6, 6.07) is 7.53. The number of aliphatic hydroxyl groups is 1. The van der Waals surface area contributed by atoms with E-state index in [1.165, 1.54) is 0 Å². The Hall–Kier alpha value is -1.02. The second kappa shape index (κ2) is 8.17. The van der Waals surface area contributed by atoms with Crippen LogP contribution in [0.3, 0.4) is 0 Å². The van der Waals surface area contributed by atoms with Crippen LogP contribution in [0, 0.1) is 0 Å². The molecule has 0 saturated heterocycles. The Labute approximate surface area is 100 Å². The summed E-state index contributed by atoms with van der Waals surface area (Å²) < 4.78 is 5.08. The van der Waals surface area contributed by atoms with Crippen LogP contribution in [0.5, 0.6) is 5.75 Å². The lowest BCUT2D eigenvalue weighted by molar-refractivity contribution is 0.0528. The van der Waals surface area contributed by atoms with Gasteiger partial charge in [-0.25, -0.2) is 0 Å². The molecule has 0 aliphatic rings. The van der Waals surface area contributed by atoms with E-state index < -0.39 is 5.60 Å². The second-order valence-electron chi connectivity index (χ2n) is 3.36. The van der Waals surface area contributed by atoms with Gasteiger partial charge in [0.2, 0.25) is 0 Å². The molecule has 0 fully saturated rings. The quantitative estimate of drug-likeness (QED) is 0.845. The van der Waals surface area contributed by atoms with Crippen LogP contribution in [-0.4, -0.2) is 12.2 Å². The topological polar surface area (TPSA) is 29.5 Å². The van der Waals surface area contributed by atoms with Crippen molar-refractivity contribution >= 4 is 0 Å². The molecule has 94 valence electrons. The molecule has 0 saturated carbocycles. The third kappa shape index (κ3) is 4.67. The SMILES string of the molecule is C.CC.CC[C@](C)(O)c1cccc(OC)c1. The summed E-state index contributed by atoms with van der Waals surface area (Å²) in [6.45, 7) is 7.77. The van der Waals surface area contributed by atoms with Gasteiger partial charge in [-0.2, -0.15) is 0 Å². The molecule has 0 amide bonds. The molecule has 1 atom stereocenters. The van der Waals surface area contributed by atoms with Crippen LogP contribution in [0.4, 0.5) is 0 Å². The maximum atomic E-state index is 9.96. The van der Waals surface area contributed by atoms with E-state index in [4.69, 9.17) is 4.74 Å². The minimum Gasteiger partial charge on any atom is -0.497 e. The third-order valence-electron chi connectivity index (χ3n) is 2.38. The van der Waals surface area contributed by atoms with Crippen molar-refractivity contribution in [2.75, 3.05) is 7.11 Å². The first-order chi connectivity index (χ1) is 7.10. The summed E-state index contributed by atoms with van der Waals surface area (Å²) in [4.78, 5) is 0. The van der Waals surface area contributed by atoms with E-state index in [0.29, 0.717) is 6.42 Å². The first-order valence-corrected chi connectivity index (χ1v) is 5.47. The predicted octanol–water partition coefficient (Wildman–Crippen LogP) is 3.98. The van der Waals surface area contributed by atoms with Crippen molar-refractivity contribution < 1.29 is 9.84 Å². The average molecular weight is 226 g/mol. The summed E-state index contributed by atoms with van der Waals surface area (Å²) in [5.41, 5.74) is 0.142. The predicted molar refractivity (Wildman–Crippen MR) is 70.9 cm³/mol. The summed E-state index contributed by atoms with van der Waals surface area (Å²) >= 11 is 0. The van der Waals surface area contributed by atoms with E-state index in [-0.39, 0.29) is 7.43 Å². The zero-order valence-corrected chi connectivity index (χ0v) is 10.4. The molecule has 1 aromatic rings. The Bertz CT molecular complexity index is 280. The van der Waals surface area contributed by atoms with Crippen LogP contribution >= 0.6 is 0 Å². The molecule has 0 spiro atoms. The molecular weight excluding hydrogens is 200 g/mol. The number of hydrogen-bond donors (Lipinski definition) is 1. The fraction of sp³-hybridized carbons (Fsp3) is 0.571. The minimum absolute atomic E-state index is 0. The lowest BCUT2D eigenvalue weighted by Crippen LogP contribution is -2.19. The summed E-state index contributed by atoms with van der Waals surface area (Å²) in [5.74, 6) is 0.784. The van der Waals surface area contributed by atoms with E-state index in [9.17, 15) is 5.11 Å². The smallest absolute Gasteiger partial charge is 0.119 e. The van der Waals surface area contributed by atoms with Crippen molar-refractivity contribution in [2.45, 2.75) is 47.1 Å². The zero-order valence-electron chi connectivity index (χ0n) is 10.4. The number of hydrogen-bond acceptors (Lipinski definition) is 2. The summed E-state index contributed by atoms with van der Waals surface area (Å²) in [5, 5.41) is 9.96. The molecule has 1 aromatic carbocycles. The maximum absolute atomic E-state index is 9.96. The first kappa shape index (κ1) is 17.4. The van der Waals surface area contributed by atoms with Gasteiger partial charge in [-0.3, -0.25) is 0 Å². The van der Waals surface area contributed by atoms with Gasteiger partial charge in [-0.15, -0.1) is 0 Å². The van der Waals surface area contributed by atoms with Crippen LogP contribution in [0.25, 0.3) is 0 Å². The fourth-order valence-corrected chi connectivity index (χ4v) is 1.16. The summed E-state index contributed by atoms with van der Waals surface area (Å²) in [6.07, 6.45) is 0.695. The van der Waals surface area contributed by atoms with Gasteiger partial charge >= 0.3 is 0 Å². The minimum atomic E-state index is -0.755. The number of benzene rings is 1. The van der Waals surface area contributed by atoms with Crippen molar-refractivity contribution in [3.05, 3.63) is 29.8 Å². The molecular formula is C14H26O2. The molecule has 1 rings (SSSR count). The molecule has 2 heteroatoms. The molecule has 0 bridgehead atoms. The molecule has 0 aliphatic carbocycles. The van der Waals surface area contributed by atoms with Crippen molar-refractivity contribution in [3.63, 3.8) is 0 Å². The normalized spacial score (nSPS) is 12.6. The Morgan fingerprint density at radius 1 is 1.31 bits per heavy atom. The molecule has 2 nitrogen and oxygen atoms in total. The van der Waals surface area contributed by atoms with Crippen LogP contribution in [0.15, 0.2) is 24.3 Å². The van der Waals surface area contributed by atoms with Crippen molar-refractivity contribution in [1.29, 1.82) is 0 Å². The Kier molecular flexibility index (Phi) is 8.87. The fourth-order valence-electron chi connectivity index (χ4n) is 1.16. The van der Waals surface area contributed by atoms with Gasteiger partial charge in [0.1, 0.15) is 5.75 Å². The van der Waals surface area contributed by atoms with Crippen LogP contribution in [-0.2, 0) is 5.60 Å². The van der Waals surface area contributed by atoms with Gasteiger partial charge in [0.05, 0.1) is 12.7 Å². The third-order valence-corrected chi connectivity index (χ3v) is 2.38. The van der Waals surface area contributed by atoms with E-state index in [1.807, 2.05) is 52.0 Å². The Balaban J connectivity index is 0. The molecule has 0 aromatic heterocycles. The van der Waals surface area contributed by atoms with E-state index >= 15 is 0 Å². The largest absolute Gasteiger partial charge is 0.497 e. The first-order valence-electron chi connectivity index (χ1n) is 5.47. The van der Waals surface area contributed by atoms with E-state index in [0.717, 1.165) is 11.3 Å². The molecule has 0 heterocycles. The molecule has 0 radical (unpaired) electrons.